The molecule has 0 N–H and O–H groups in total. The summed E-state index contributed by atoms with van der Waals surface area (Å²) in [5.74, 6) is 0.945. The molecule has 4 aromatic rings. The minimum absolute atomic E-state index is 0.200. The number of benzene rings is 4. The smallest absolute Gasteiger partial charge is 0.460 e. The van der Waals surface area contributed by atoms with E-state index < -0.39 is 8.80 Å². The first-order chi connectivity index (χ1) is 15.6. The van der Waals surface area contributed by atoms with E-state index in [4.69, 9.17) is 18.0 Å². The maximum absolute atomic E-state index is 12.3. The molecule has 0 saturated carbocycles. The van der Waals surface area contributed by atoms with Gasteiger partial charge in [0.05, 0.1) is 5.75 Å². The van der Waals surface area contributed by atoms with Gasteiger partial charge in [0, 0.05) is 27.4 Å². The number of hydrogen-bond acceptors (Lipinski definition) is 6. The zero-order valence-electron chi connectivity index (χ0n) is 18.7. The standard InChI is InChI=1S/C25H28O5SSi/c1-27-32(28-2,29-3)15-5-14-31-17-23(26)30-16-21-11-10-20-9-8-18-6-4-7-19-12-13-22(21)25(20)24(18)19/h4,6-13H,5,14-17H2,1-3H3. The second-order valence-corrected chi connectivity index (χ2v) is 11.9. The van der Waals surface area contributed by atoms with E-state index in [1.165, 1.54) is 26.9 Å². The summed E-state index contributed by atoms with van der Waals surface area (Å²) in [4.78, 5) is 12.3. The van der Waals surface area contributed by atoms with Crippen LogP contribution < -0.4 is 0 Å². The van der Waals surface area contributed by atoms with Crippen molar-refractivity contribution >= 4 is 58.9 Å². The number of esters is 1. The van der Waals surface area contributed by atoms with Gasteiger partial charge in [0.1, 0.15) is 6.61 Å². The molecule has 0 aliphatic carbocycles. The van der Waals surface area contributed by atoms with Gasteiger partial charge in [-0.15, -0.1) is 0 Å². The maximum Gasteiger partial charge on any atom is 0.500 e. The van der Waals surface area contributed by atoms with Crippen LogP contribution in [0.4, 0.5) is 0 Å². The van der Waals surface area contributed by atoms with Crippen molar-refractivity contribution in [2.75, 3.05) is 32.8 Å². The minimum Gasteiger partial charge on any atom is -0.460 e. The van der Waals surface area contributed by atoms with Gasteiger partial charge in [-0.25, -0.2) is 0 Å². The molecule has 0 aromatic heterocycles. The Labute approximate surface area is 193 Å². The van der Waals surface area contributed by atoms with E-state index in [1.54, 1.807) is 33.1 Å². The van der Waals surface area contributed by atoms with Crippen molar-refractivity contribution in [1.29, 1.82) is 0 Å². The molecule has 4 aromatic carbocycles. The summed E-state index contributed by atoms with van der Waals surface area (Å²) in [5, 5.41) is 7.33. The van der Waals surface area contributed by atoms with Crippen LogP contribution in [0.2, 0.25) is 6.04 Å². The fourth-order valence-electron chi connectivity index (χ4n) is 4.22. The highest BCUT2D eigenvalue weighted by molar-refractivity contribution is 7.99. The fraction of sp³-hybridized carbons (Fsp3) is 0.320. The normalized spacial score (nSPS) is 12.2. The number of hydrogen-bond donors (Lipinski definition) is 0. The number of ether oxygens (including phenoxy) is 1. The van der Waals surface area contributed by atoms with Crippen molar-refractivity contribution in [2.24, 2.45) is 0 Å². The predicted octanol–water partition coefficient (Wildman–Crippen LogP) is 5.63. The van der Waals surface area contributed by atoms with Crippen LogP contribution in [-0.2, 0) is 29.4 Å². The van der Waals surface area contributed by atoms with Gasteiger partial charge in [-0.1, -0.05) is 54.6 Å². The molecular formula is C25H28O5SSi. The third kappa shape index (κ3) is 4.63. The molecule has 0 spiro atoms. The van der Waals surface area contributed by atoms with Gasteiger partial charge in [0.25, 0.3) is 0 Å². The van der Waals surface area contributed by atoms with E-state index in [0.29, 0.717) is 5.75 Å². The highest BCUT2D eigenvalue weighted by atomic mass is 32.2. The van der Waals surface area contributed by atoms with E-state index in [1.807, 2.05) is 0 Å². The molecule has 0 atom stereocenters. The summed E-state index contributed by atoms with van der Waals surface area (Å²) in [6, 6.07) is 19.9. The van der Waals surface area contributed by atoms with Crippen LogP contribution in [0.1, 0.15) is 12.0 Å². The molecule has 168 valence electrons. The monoisotopic (exact) mass is 468 g/mol. The van der Waals surface area contributed by atoms with Crippen molar-refractivity contribution in [3.05, 3.63) is 60.2 Å². The first-order valence-electron chi connectivity index (χ1n) is 10.6. The Morgan fingerprint density at radius 2 is 1.47 bits per heavy atom. The zero-order chi connectivity index (χ0) is 22.6. The Bertz CT molecular complexity index is 1180. The lowest BCUT2D eigenvalue weighted by molar-refractivity contribution is -0.141. The SMILES string of the molecule is CO[Si](CCCSCC(=O)OCc1ccc2ccc3cccc4ccc1c2c34)(OC)OC. The molecule has 0 bridgehead atoms. The predicted molar refractivity (Wildman–Crippen MR) is 133 cm³/mol. The minimum atomic E-state index is -2.54. The zero-order valence-corrected chi connectivity index (χ0v) is 20.5. The largest absolute Gasteiger partial charge is 0.500 e. The second-order valence-electron chi connectivity index (χ2n) is 7.69. The molecule has 0 heterocycles. The molecule has 0 amide bonds. The Kier molecular flexibility index (Phi) is 7.32. The highest BCUT2D eigenvalue weighted by Crippen LogP contribution is 2.36. The molecule has 0 aliphatic heterocycles. The van der Waals surface area contributed by atoms with Gasteiger partial charge >= 0.3 is 14.8 Å². The summed E-state index contributed by atoms with van der Waals surface area (Å²) in [6.45, 7) is 0.278. The quantitative estimate of drug-likeness (QED) is 0.123. The third-order valence-electron chi connectivity index (χ3n) is 5.93. The van der Waals surface area contributed by atoms with Crippen molar-refractivity contribution in [1.82, 2.24) is 0 Å². The average molecular weight is 469 g/mol. The molecule has 0 unspecified atom stereocenters. The van der Waals surface area contributed by atoms with Crippen molar-refractivity contribution < 1.29 is 22.8 Å². The average Bonchev–Trinajstić information content (AvgIpc) is 2.84. The van der Waals surface area contributed by atoms with E-state index in [2.05, 4.69) is 54.6 Å². The summed E-state index contributed by atoms with van der Waals surface area (Å²) in [6.07, 6.45) is 0.856. The maximum atomic E-state index is 12.3. The Hall–Kier alpha value is -2.16. The third-order valence-corrected chi connectivity index (χ3v) is 9.78. The molecule has 4 rings (SSSR count). The number of thioether (sulfide) groups is 1. The van der Waals surface area contributed by atoms with Crippen LogP contribution in [0.5, 0.6) is 0 Å². The van der Waals surface area contributed by atoms with Gasteiger partial charge < -0.3 is 18.0 Å². The molecule has 32 heavy (non-hydrogen) atoms. The van der Waals surface area contributed by atoms with E-state index in [0.717, 1.165) is 29.2 Å². The van der Waals surface area contributed by atoms with Crippen LogP contribution in [0.25, 0.3) is 32.3 Å². The van der Waals surface area contributed by atoms with E-state index in [9.17, 15) is 4.79 Å². The molecule has 0 saturated heterocycles. The molecule has 7 heteroatoms. The van der Waals surface area contributed by atoms with E-state index in [-0.39, 0.29) is 12.6 Å². The lowest BCUT2D eigenvalue weighted by atomic mass is 9.92. The molecule has 0 fully saturated rings. The van der Waals surface area contributed by atoms with Gasteiger partial charge in [0.15, 0.2) is 0 Å². The van der Waals surface area contributed by atoms with Gasteiger partial charge in [-0.2, -0.15) is 11.8 Å². The number of rotatable bonds is 11. The van der Waals surface area contributed by atoms with Gasteiger partial charge in [0.2, 0.25) is 0 Å². The highest BCUT2D eigenvalue weighted by Gasteiger charge is 2.36. The van der Waals surface area contributed by atoms with Crippen molar-refractivity contribution in [2.45, 2.75) is 19.1 Å². The summed E-state index contributed by atoms with van der Waals surface area (Å²) < 4.78 is 21.9. The molecule has 0 aliphatic rings. The van der Waals surface area contributed by atoms with Gasteiger partial charge in [-0.3, -0.25) is 4.79 Å². The number of carbonyl (C=O) groups is 1. The molecule has 0 radical (unpaired) electrons. The Morgan fingerprint density at radius 3 is 2.16 bits per heavy atom. The topological polar surface area (TPSA) is 54.0 Å². The summed E-state index contributed by atoms with van der Waals surface area (Å²) in [7, 11) is 2.30. The first kappa shape index (κ1) is 23.0. The Balaban J connectivity index is 1.36. The van der Waals surface area contributed by atoms with Crippen LogP contribution in [0.15, 0.2) is 54.6 Å². The second kappa shape index (κ2) is 10.2. The summed E-state index contributed by atoms with van der Waals surface area (Å²) in [5.41, 5.74) is 1.03. The van der Waals surface area contributed by atoms with Crippen LogP contribution >= 0.6 is 11.8 Å². The molecule has 5 nitrogen and oxygen atoms in total. The van der Waals surface area contributed by atoms with Crippen molar-refractivity contribution in [3.63, 3.8) is 0 Å². The van der Waals surface area contributed by atoms with Gasteiger partial charge in [-0.05, 0) is 50.1 Å². The lowest BCUT2D eigenvalue weighted by Crippen LogP contribution is -2.42. The van der Waals surface area contributed by atoms with E-state index >= 15 is 0 Å². The first-order valence-corrected chi connectivity index (χ1v) is 13.7. The van der Waals surface area contributed by atoms with Crippen LogP contribution in [-0.4, -0.2) is 47.6 Å². The summed E-state index contributed by atoms with van der Waals surface area (Å²) >= 11 is 1.56. The molecular weight excluding hydrogens is 440 g/mol. The Morgan fingerprint density at radius 1 is 0.844 bits per heavy atom. The van der Waals surface area contributed by atoms with Crippen molar-refractivity contribution in [3.8, 4) is 0 Å². The van der Waals surface area contributed by atoms with Crippen LogP contribution in [0.3, 0.4) is 0 Å². The fourth-order valence-corrected chi connectivity index (χ4v) is 6.95. The lowest BCUT2D eigenvalue weighted by Gasteiger charge is -2.24. The number of carbonyl (C=O) groups excluding carboxylic acids is 1. The van der Waals surface area contributed by atoms with Crippen LogP contribution in [0, 0.1) is 0 Å².